The van der Waals surface area contributed by atoms with Crippen molar-refractivity contribution in [2.75, 3.05) is 19.6 Å². The molecule has 1 rings (SSSR count). The zero-order valence-corrected chi connectivity index (χ0v) is 10.0. The first-order valence-corrected chi connectivity index (χ1v) is 5.85. The van der Waals surface area contributed by atoms with Gasteiger partial charge in [-0.05, 0) is 38.8 Å². The van der Waals surface area contributed by atoms with Crippen LogP contribution in [0.4, 0.5) is 0 Å². The Balaban J connectivity index is 2.27. The number of amides is 1. The SMILES string of the molecule is CC(O)(CNC(=O)CC1CCCNC1)C(=O)O. The van der Waals surface area contributed by atoms with Crippen LogP contribution < -0.4 is 10.6 Å². The first-order chi connectivity index (χ1) is 7.92. The molecule has 1 amide bonds. The number of piperidine rings is 1. The molecule has 2 unspecified atom stereocenters. The highest BCUT2D eigenvalue weighted by Gasteiger charge is 2.30. The quantitative estimate of drug-likeness (QED) is 0.514. The van der Waals surface area contributed by atoms with Crippen molar-refractivity contribution in [3.63, 3.8) is 0 Å². The molecular weight excluding hydrogens is 224 g/mol. The van der Waals surface area contributed by atoms with Gasteiger partial charge < -0.3 is 20.8 Å². The predicted molar refractivity (Wildman–Crippen MR) is 61.5 cm³/mol. The fourth-order valence-corrected chi connectivity index (χ4v) is 1.78. The van der Waals surface area contributed by atoms with Gasteiger partial charge in [-0.25, -0.2) is 4.79 Å². The van der Waals surface area contributed by atoms with Crippen LogP contribution in [0.15, 0.2) is 0 Å². The molecule has 17 heavy (non-hydrogen) atoms. The Morgan fingerprint density at radius 3 is 2.76 bits per heavy atom. The van der Waals surface area contributed by atoms with Crippen LogP contribution in [0, 0.1) is 5.92 Å². The molecule has 0 aromatic rings. The molecule has 0 saturated carbocycles. The van der Waals surface area contributed by atoms with Crippen molar-refractivity contribution in [1.82, 2.24) is 10.6 Å². The number of carboxylic acid groups (broad SMARTS) is 1. The molecule has 4 N–H and O–H groups in total. The highest BCUT2D eigenvalue weighted by molar-refractivity contribution is 5.80. The van der Waals surface area contributed by atoms with Crippen LogP contribution in [0.1, 0.15) is 26.2 Å². The van der Waals surface area contributed by atoms with Gasteiger partial charge in [0.2, 0.25) is 5.91 Å². The van der Waals surface area contributed by atoms with E-state index in [-0.39, 0.29) is 12.5 Å². The fourth-order valence-electron chi connectivity index (χ4n) is 1.78. The van der Waals surface area contributed by atoms with Gasteiger partial charge in [-0.15, -0.1) is 0 Å². The van der Waals surface area contributed by atoms with Gasteiger partial charge in [-0.1, -0.05) is 0 Å². The minimum absolute atomic E-state index is 0.208. The molecule has 0 bridgehead atoms. The minimum Gasteiger partial charge on any atom is -0.479 e. The van der Waals surface area contributed by atoms with Gasteiger partial charge in [0.25, 0.3) is 0 Å². The number of aliphatic carboxylic acids is 1. The summed E-state index contributed by atoms with van der Waals surface area (Å²) < 4.78 is 0. The summed E-state index contributed by atoms with van der Waals surface area (Å²) in [5.41, 5.74) is -1.90. The first-order valence-electron chi connectivity index (χ1n) is 5.85. The Morgan fingerprint density at radius 2 is 2.24 bits per heavy atom. The molecule has 0 aromatic carbocycles. The monoisotopic (exact) mass is 244 g/mol. The lowest BCUT2D eigenvalue weighted by atomic mass is 9.96. The second kappa shape index (κ2) is 5.97. The maximum absolute atomic E-state index is 11.5. The average Bonchev–Trinajstić information content (AvgIpc) is 2.28. The summed E-state index contributed by atoms with van der Waals surface area (Å²) in [5.74, 6) is -1.24. The molecule has 1 heterocycles. The van der Waals surface area contributed by atoms with Crippen LogP contribution in [0.2, 0.25) is 0 Å². The van der Waals surface area contributed by atoms with Gasteiger partial charge in [-0.3, -0.25) is 4.79 Å². The van der Waals surface area contributed by atoms with Gasteiger partial charge in [0.05, 0.1) is 6.54 Å². The van der Waals surface area contributed by atoms with E-state index in [1.807, 2.05) is 0 Å². The topological polar surface area (TPSA) is 98.7 Å². The number of rotatable bonds is 5. The van der Waals surface area contributed by atoms with E-state index >= 15 is 0 Å². The predicted octanol–water partition coefficient (Wildman–Crippen LogP) is -0.672. The number of hydrogen-bond acceptors (Lipinski definition) is 4. The Morgan fingerprint density at radius 1 is 1.53 bits per heavy atom. The lowest BCUT2D eigenvalue weighted by Crippen LogP contribution is -2.47. The molecule has 1 saturated heterocycles. The second-order valence-corrected chi connectivity index (χ2v) is 4.77. The number of carbonyl (C=O) groups is 2. The molecule has 2 atom stereocenters. The van der Waals surface area contributed by atoms with Crippen LogP contribution in [0.25, 0.3) is 0 Å². The lowest BCUT2D eigenvalue weighted by Gasteiger charge is -2.23. The van der Waals surface area contributed by atoms with E-state index in [0.717, 1.165) is 32.9 Å². The fraction of sp³-hybridized carbons (Fsp3) is 0.818. The second-order valence-electron chi connectivity index (χ2n) is 4.77. The van der Waals surface area contributed by atoms with Gasteiger partial charge in [0.15, 0.2) is 5.60 Å². The number of aliphatic hydroxyl groups is 1. The molecule has 0 aliphatic carbocycles. The third-order valence-corrected chi connectivity index (χ3v) is 2.96. The molecule has 1 fully saturated rings. The van der Waals surface area contributed by atoms with E-state index < -0.39 is 11.6 Å². The van der Waals surface area contributed by atoms with Crippen molar-refractivity contribution < 1.29 is 19.8 Å². The van der Waals surface area contributed by atoms with Crippen LogP contribution >= 0.6 is 0 Å². The Bertz CT molecular complexity index is 285. The smallest absolute Gasteiger partial charge is 0.337 e. The first kappa shape index (κ1) is 13.9. The summed E-state index contributed by atoms with van der Waals surface area (Å²) in [6, 6.07) is 0. The molecule has 0 radical (unpaired) electrons. The van der Waals surface area contributed by atoms with Crippen molar-refractivity contribution in [3.05, 3.63) is 0 Å². The number of nitrogens with one attached hydrogen (secondary N) is 2. The van der Waals surface area contributed by atoms with Gasteiger partial charge in [0, 0.05) is 6.42 Å². The highest BCUT2D eigenvalue weighted by Crippen LogP contribution is 2.13. The zero-order valence-electron chi connectivity index (χ0n) is 10.0. The van der Waals surface area contributed by atoms with Gasteiger partial charge >= 0.3 is 5.97 Å². The normalized spacial score (nSPS) is 23.8. The third kappa shape index (κ3) is 4.70. The average molecular weight is 244 g/mol. The van der Waals surface area contributed by atoms with Crippen LogP contribution in [-0.4, -0.2) is 47.3 Å². The van der Waals surface area contributed by atoms with E-state index in [9.17, 15) is 14.7 Å². The maximum atomic E-state index is 11.5. The van der Waals surface area contributed by atoms with Crippen LogP contribution in [0.3, 0.4) is 0 Å². The van der Waals surface area contributed by atoms with Crippen molar-refractivity contribution in [2.45, 2.75) is 31.8 Å². The summed E-state index contributed by atoms with van der Waals surface area (Å²) in [6.45, 7) is 2.72. The molecule has 6 heteroatoms. The molecule has 0 aromatic heterocycles. The summed E-state index contributed by atoms with van der Waals surface area (Å²) in [4.78, 5) is 22.1. The van der Waals surface area contributed by atoms with Crippen LogP contribution in [0.5, 0.6) is 0 Å². The molecule has 1 aliphatic rings. The lowest BCUT2D eigenvalue weighted by molar-refractivity contribution is -0.156. The van der Waals surface area contributed by atoms with Crippen molar-refractivity contribution in [2.24, 2.45) is 5.92 Å². The Hall–Kier alpha value is -1.14. The van der Waals surface area contributed by atoms with E-state index in [4.69, 9.17) is 5.11 Å². The number of carbonyl (C=O) groups excluding carboxylic acids is 1. The Kier molecular flexibility index (Phi) is 4.89. The number of carboxylic acids is 1. The molecule has 1 aliphatic heterocycles. The number of hydrogen-bond donors (Lipinski definition) is 4. The summed E-state index contributed by atoms with van der Waals surface area (Å²) in [5, 5.41) is 23.7. The van der Waals surface area contributed by atoms with E-state index in [1.165, 1.54) is 0 Å². The van der Waals surface area contributed by atoms with Crippen molar-refractivity contribution in [3.8, 4) is 0 Å². The summed E-state index contributed by atoms with van der Waals surface area (Å²) in [7, 11) is 0. The maximum Gasteiger partial charge on any atom is 0.337 e. The van der Waals surface area contributed by atoms with Gasteiger partial charge in [0.1, 0.15) is 0 Å². The van der Waals surface area contributed by atoms with Gasteiger partial charge in [-0.2, -0.15) is 0 Å². The van der Waals surface area contributed by atoms with E-state index in [1.54, 1.807) is 0 Å². The minimum atomic E-state index is -1.90. The molecule has 0 spiro atoms. The highest BCUT2D eigenvalue weighted by atomic mass is 16.4. The Labute approximate surface area is 100 Å². The largest absolute Gasteiger partial charge is 0.479 e. The van der Waals surface area contributed by atoms with Crippen molar-refractivity contribution in [1.29, 1.82) is 0 Å². The van der Waals surface area contributed by atoms with E-state index in [0.29, 0.717) is 12.3 Å². The van der Waals surface area contributed by atoms with E-state index in [2.05, 4.69) is 10.6 Å². The zero-order chi connectivity index (χ0) is 12.9. The molecule has 6 nitrogen and oxygen atoms in total. The van der Waals surface area contributed by atoms with Crippen molar-refractivity contribution >= 4 is 11.9 Å². The molecular formula is C11H20N2O4. The molecule has 98 valence electrons. The van der Waals surface area contributed by atoms with Crippen LogP contribution in [-0.2, 0) is 9.59 Å². The third-order valence-electron chi connectivity index (χ3n) is 2.96. The standard InChI is InChI=1S/C11H20N2O4/c1-11(17,10(15)16)7-13-9(14)5-8-3-2-4-12-6-8/h8,12,17H,2-7H2,1H3,(H,13,14)(H,15,16). The summed E-state index contributed by atoms with van der Waals surface area (Å²) >= 11 is 0. The summed E-state index contributed by atoms with van der Waals surface area (Å²) in [6.07, 6.45) is 2.45.